The Labute approximate surface area is 82.1 Å². The van der Waals surface area contributed by atoms with Gasteiger partial charge in [-0.05, 0) is 18.6 Å². The number of carbonyl (C=O) groups excluding carboxylic acids is 1. The molecule has 1 nitrogen and oxygen atoms in total. The Morgan fingerprint density at radius 1 is 1.58 bits per heavy atom. The first kappa shape index (κ1) is 9.62. The number of carbonyl (C=O) groups is 1. The molecule has 0 saturated heterocycles. The van der Waals surface area contributed by atoms with Crippen LogP contribution in [0.2, 0.25) is 5.02 Å². The van der Waals surface area contributed by atoms with E-state index in [2.05, 4.69) is 12.6 Å². The normalized spacial score (nSPS) is 9.92. The van der Waals surface area contributed by atoms with Crippen molar-refractivity contribution >= 4 is 30.0 Å². The Hall–Kier alpha value is -0.470. The van der Waals surface area contributed by atoms with Crippen LogP contribution in [-0.4, -0.2) is 5.78 Å². The average molecular weight is 201 g/mol. The molecule has 1 aromatic rings. The molecule has 0 radical (unpaired) electrons. The van der Waals surface area contributed by atoms with Crippen molar-refractivity contribution in [2.75, 3.05) is 0 Å². The number of hydrogen-bond acceptors (Lipinski definition) is 2. The molecule has 1 rings (SSSR count). The van der Waals surface area contributed by atoms with E-state index in [9.17, 15) is 4.79 Å². The van der Waals surface area contributed by atoms with Crippen molar-refractivity contribution in [3.8, 4) is 0 Å². The smallest absolute Gasteiger partial charge is 0.134 e. The molecule has 0 aliphatic rings. The molecule has 12 heavy (non-hydrogen) atoms. The number of thiol groups is 1. The number of rotatable bonds is 2. The van der Waals surface area contributed by atoms with Crippen LogP contribution in [0.15, 0.2) is 23.1 Å². The Morgan fingerprint density at radius 3 is 2.83 bits per heavy atom. The SMILES string of the molecule is CC(=O)Cc1cccc(Cl)c1S. The summed E-state index contributed by atoms with van der Waals surface area (Å²) in [7, 11) is 0. The molecule has 0 fully saturated rings. The molecule has 0 heterocycles. The molecule has 0 aliphatic carbocycles. The number of ketones is 1. The highest BCUT2D eigenvalue weighted by Gasteiger charge is 2.04. The van der Waals surface area contributed by atoms with E-state index < -0.39 is 0 Å². The highest BCUT2D eigenvalue weighted by atomic mass is 35.5. The molecule has 0 amide bonds. The second-order valence-corrected chi connectivity index (χ2v) is 3.48. The number of benzene rings is 1. The predicted octanol–water partition coefficient (Wildman–Crippen LogP) is 2.76. The zero-order chi connectivity index (χ0) is 9.14. The van der Waals surface area contributed by atoms with Gasteiger partial charge in [-0.1, -0.05) is 23.7 Å². The summed E-state index contributed by atoms with van der Waals surface area (Å²) < 4.78 is 0. The second kappa shape index (κ2) is 3.97. The fraction of sp³-hybridized carbons (Fsp3) is 0.222. The molecule has 0 unspecified atom stereocenters. The molecule has 0 saturated carbocycles. The number of hydrogen-bond donors (Lipinski definition) is 1. The average Bonchev–Trinajstić information content (AvgIpc) is 1.98. The number of halogens is 1. The van der Waals surface area contributed by atoms with E-state index >= 15 is 0 Å². The lowest BCUT2D eigenvalue weighted by Crippen LogP contribution is -1.97. The van der Waals surface area contributed by atoms with Crippen molar-refractivity contribution in [3.05, 3.63) is 28.8 Å². The van der Waals surface area contributed by atoms with Crippen LogP contribution < -0.4 is 0 Å². The summed E-state index contributed by atoms with van der Waals surface area (Å²) in [5, 5.41) is 0.595. The minimum absolute atomic E-state index is 0.118. The maximum Gasteiger partial charge on any atom is 0.134 e. The molecule has 0 bridgehead atoms. The van der Waals surface area contributed by atoms with Gasteiger partial charge < -0.3 is 0 Å². The monoisotopic (exact) mass is 200 g/mol. The standard InChI is InChI=1S/C9H9ClOS/c1-6(11)5-7-3-2-4-8(10)9(7)12/h2-4,12H,5H2,1H3. The minimum Gasteiger partial charge on any atom is -0.300 e. The van der Waals surface area contributed by atoms with Gasteiger partial charge in [0, 0.05) is 11.3 Å². The van der Waals surface area contributed by atoms with Crippen molar-refractivity contribution < 1.29 is 4.79 Å². The van der Waals surface area contributed by atoms with Crippen LogP contribution >= 0.6 is 24.2 Å². The molecule has 0 spiro atoms. The summed E-state index contributed by atoms with van der Waals surface area (Å²) >= 11 is 10.0. The molecule has 0 atom stereocenters. The summed E-state index contributed by atoms with van der Waals surface area (Å²) in [6.07, 6.45) is 0.402. The zero-order valence-corrected chi connectivity index (χ0v) is 8.32. The van der Waals surface area contributed by atoms with Gasteiger partial charge >= 0.3 is 0 Å². The summed E-state index contributed by atoms with van der Waals surface area (Å²) in [6.45, 7) is 1.55. The summed E-state index contributed by atoms with van der Waals surface area (Å²) in [5.74, 6) is 0.118. The van der Waals surface area contributed by atoms with Gasteiger partial charge in [0.25, 0.3) is 0 Å². The van der Waals surface area contributed by atoms with Crippen molar-refractivity contribution in [3.63, 3.8) is 0 Å². The summed E-state index contributed by atoms with van der Waals surface area (Å²) in [5.41, 5.74) is 0.887. The fourth-order valence-corrected chi connectivity index (χ4v) is 1.39. The van der Waals surface area contributed by atoms with E-state index in [1.807, 2.05) is 12.1 Å². The topological polar surface area (TPSA) is 17.1 Å². The Balaban J connectivity index is 3.00. The lowest BCUT2D eigenvalue weighted by atomic mass is 10.1. The lowest BCUT2D eigenvalue weighted by molar-refractivity contribution is -0.116. The molecule has 1 aromatic carbocycles. The number of Topliss-reactive ketones (excluding diaryl/α,β-unsaturated/α-hetero) is 1. The van der Waals surface area contributed by atoms with E-state index in [-0.39, 0.29) is 5.78 Å². The van der Waals surface area contributed by atoms with Crippen molar-refractivity contribution in [2.24, 2.45) is 0 Å². The highest BCUT2D eigenvalue weighted by molar-refractivity contribution is 7.80. The highest BCUT2D eigenvalue weighted by Crippen LogP contribution is 2.23. The van der Waals surface area contributed by atoms with Gasteiger partial charge in [0.15, 0.2) is 0 Å². The Kier molecular flexibility index (Phi) is 3.18. The minimum atomic E-state index is 0.118. The van der Waals surface area contributed by atoms with Crippen molar-refractivity contribution in [1.82, 2.24) is 0 Å². The fourth-order valence-electron chi connectivity index (χ4n) is 0.971. The lowest BCUT2D eigenvalue weighted by Gasteiger charge is -2.03. The van der Waals surface area contributed by atoms with Gasteiger partial charge in [-0.25, -0.2) is 0 Å². The molecule has 0 N–H and O–H groups in total. The third kappa shape index (κ3) is 2.26. The van der Waals surface area contributed by atoms with E-state index in [1.54, 1.807) is 13.0 Å². The van der Waals surface area contributed by atoms with Crippen LogP contribution in [0.4, 0.5) is 0 Å². The van der Waals surface area contributed by atoms with E-state index in [4.69, 9.17) is 11.6 Å². The first-order valence-electron chi connectivity index (χ1n) is 3.57. The largest absolute Gasteiger partial charge is 0.300 e. The molecule has 0 aliphatic heterocycles. The van der Waals surface area contributed by atoms with Crippen molar-refractivity contribution in [2.45, 2.75) is 18.2 Å². The first-order chi connectivity index (χ1) is 5.61. The van der Waals surface area contributed by atoms with E-state index in [0.29, 0.717) is 16.3 Å². The molecule has 3 heteroatoms. The molecule has 0 aromatic heterocycles. The van der Waals surface area contributed by atoms with Crippen LogP contribution in [0, 0.1) is 0 Å². The van der Waals surface area contributed by atoms with Gasteiger partial charge in [0.2, 0.25) is 0 Å². The summed E-state index contributed by atoms with van der Waals surface area (Å²) in [6, 6.07) is 5.43. The Bertz CT molecular complexity index is 309. The van der Waals surface area contributed by atoms with E-state index in [1.165, 1.54) is 0 Å². The van der Waals surface area contributed by atoms with Gasteiger partial charge in [-0.3, -0.25) is 4.79 Å². The second-order valence-electron chi connectivity index (χ2n) is 2.63. The van der Waals surface area contributed by atoms with Gasteiger partial charge in [0.1, 0.15) is 5.78 Å². The van der Waals surface area contributed by atoms with Crippen LogP contribution in [-0.2, 0) is 11.2 Å². The maximum atomic E-state index is 10.8. The predicted molar refractivity (Wildman–Crippen MR) is 53.1 cm³/mol. The Morgan fingerprint density at radius 2 is 2.25 bits per heavy atom. The molecular formula is C9H9ClOS. The quantitative estimate of drug-likeness (QED) is 0.727. The van der Waals surface area contributed by atoms with E-state index in [0.717, 1.165) is 5.56 Å². The van der Waals surface area contributed by atoms with Crippen LogP contribution in [0.5, 0.6) is 0 Å². The molecule has 64 valence electrons. The van der Waals surface area contributed by atoms with Gasteiger partial charge in [-0.15, -0.1) is 12.6 Å². The maximum absolute atomic E-state index is 10.8. The first-order valence-corrected chi connectivity index (χ1v) is 4.39. The zero-order valence-electron chi connectivity index (χ0n) is 6.67. The molecular weight excluding hydrogens is 192 g/mol. The van der Waals surface area contributed by atoms with Crippen molar-refractivity contribution in [1.29, 1.82) is 0 Å². The third-order valence-electron chi connectivity index (χ3n) is 1.51. The van der Waals surface area contributed by atoms with Crippen LogP contribution in [0.25, 0.3) is 0 Å². The van der Waals surface area contributed by atoms with Crippen LogP contribution in [0.1, 0.15) is 12.5 Å². The van der Waals surface area contributed by atoms with Gasteiger partial charge in [0.05, 0.1) is 5.02 Å². The van der Waals surface area contributed by atoms with Crippen LogP contribution in [0.3, 0.4) is 0 Å². The van der Waals surface area contributed by atoms with Gasteiger partial charge in [-0.2, -0.15) is 0 Å². The third-order valence-corrected chi connectivity index (χ3v) is 2.48. The summed E-state index contributed by atoms with van der Waals surface area (Å²) in [4.78, 5) is 11.5.